The van der Waals surface area contributed by atoms with E-state index in [0.717, 1.165) is 41.9 Å². The van der Waals surface area contributed by atoms with E-state index in [0.29, 0.717) is 13.1 Å². The molecule has 1 aliphatic heterocycles. The van der Waals surface area contributed by atoms with Crippen molar-refractivity contribution in [2.45, 2.75) is 6.04 Å². The van der Waals surface area contributed by atoms with Crippen molar-refractivity contribution in [3.63, 3.8) is 0 Å². The van der Waals surface area contributed by atoms with Gasteiger partial charge < -0.3 is 14.8 Å². The first kappa shape index (κ1) is 20.2. The van der Waals surface area contributed by atoms with Crippen molar-refractivity contribution in [3.8, 4) is 5.75 Å². The van der Waals surface area contributed by atoms with Crippen LogP contribution in [0.2, 0.25) is 0 Å². The Morgan fingerprint density at radius 3 is 2.63 bits per heavy atom. The predicted octanol–water partition coefficient (Wildman–Crippen LogP) is 3.63. The molecule has 1 fully saturated rings. The number of methoxy groups -OCH3 is 1. The zero-order chi connectivity index (χ0) is 20.9. The topological polar surface area (TPSA) is 68.8 Å². The lowest BCUT2D eigenvalue weighted by atomic mass is 10.0. The quantitative estimate of drug-likeness (QED) is 0.628. The van der Waals surface area contributed by atoms with Gasteiger partial charge >= 0.3 is 5.97 Å². The molecule has 6 heteroatoms. The summed E-state index contributed by atoms with van der Waals surface area (Å²) >= 11 is 0. The van der Waals surface area contributed by atoms with Crippen LogP contribution in [0.5, 0.6) is 5.75 Å². The number of hydrogen-bond acceptors (Lipinski definition) is 4. The third kappa shape index (κ3) is 4.40. The van der Waals surface area contributed by atoms with Gasteiger partial charge in [-0.2, -0.15) is 0 Å². The van der Waals surface area contributed by atoms with E-state index >= 15 is 0 Å². The van der Waals surface area contributed by atoms with Crippen LogP contribution in [0.4, 0.5) is 0 Å². The number of carboxylic acid groups (broad SMARTS) is 1. The van der Waals surface area contributed by atoms with Crippen LogP contribution >= 0.6 is 0 Å². The Morgan fingerprint density at radius 1 is 1.17 bits per heavy atom. The van der Waals surface area contributed by atoms with E-state index < -0.39 is 12.0 Å². The number of aliphatic carboxylic acids is 1. The molecule has 1 saturated heterocycles. The third-order valence-electron chi connectivity index (χ3n) is 5.69. The summed E-state index contributed by atoms with van der Waals surface area (Å²) in [5.74, 6) is -0.0985. The zero-order valence-corrected chi connectivity index (χ0v) is 17.1. The summed E-state index contributed by atoms with van der Waals surface area (Å²) in [5.41, 5.74) is 2.90. The molecular formula is C24H27N3O3. The maximum Gasteiger partial charge on any atom is 0.325 e. The van der Waals surface area contributed by atoms with E-state index in [2.05, 4.69) is 39.1 Å². The molecule has 1 aromatic heterocycles. The molecule has 2 heterocycles. The van der Waals surface area contributed by atoms with Crippen molar-refractivity contribution < 1.29 is 14.6 Å². The van der Waals surface area contributed by atoms with Crippen LogP contribution in [0, 0.1) is 0 Å². The van der Waals surface area contributed by atoms with Gasteiger partial charge in [-0.1, -0.05) is 42.5 Å². The molecule has 3 aromatic rings. The highest BCUT2D eigenvalue weighted by Gasteiger charge is 2.32. The highest BCUT2D eigenvalue weighted by Crippen LogP contribution is 2.31. The molecule has 2 N–H and O–H groups in total. The standard InChI is InChI=1S/C24H27N3O3/c1-30-19-9-10-22-20(16-19)21(17-25-22)23(24(28)29)27-14-12-26(13-15-27)11-5-8-18-6-3-2-4-7-18/h2-10,16-17,23,25H,11-15H2,1H3,(H,28,29). The number of aromatic nitrogens is 1. The number of H-pyrrole nitrogens is 1. The fourth-order valence-corrected chi connectivity index (χ4v) is 4.07. The summed E-state index contributed by atoms with van der Waals surface area (Å²) in [6, 6.07) is 15.3. The van der Waals surface area contributed by atoms with Crippen molar-refractivity contribution in [3.05, 3.63) is 71.9 Å². The lowest BCUT2D eigenvalue weighted by molar-refractivity contribution is -0.144. The molecular weight excluding hydrogens is 378 g/mol. The molecule has 30 heavy (non-hydrogen) atoms. The lowest BCUT2D eigenvalue weighted by Gasteiger charge is -2.37. The molecule has 1 aliphatic rings. The average molecular weight is 405 g/mol. The summed E-state index contributed by atoms with van der Waals surface area (Å²) in [4.78, 5) is 19.8. The molecule has 4 rings (SSSR count). The van der Waals surface area contributed by atoms with E-state index in [1.54, 1.807) is 7.11 Å². The molecule has 156 valence electrons. The number of ether oxygens (including phenoxy) is 1. The van der Waals surface area contributed by atoms with Crippen LogP contribution in [-0.2, 0) is 4.79 Å². The highest BCUT2D eigenvalue weighted by atomic mass is 16.5. The van der Waals surface area contributed by atoms with Gasteiger partial charge in [0.15, 0.2) is 0 Å². The fraction of sp³-hybridized carbons (Fsp3) is 0.292. The second kappa shape index (κ2) is 9.15. The van der Waals surface area contributed by atoms with Gasteiger partial charge in [0, 0.05) is 55.4 Å². The second-order valence-corrected chi connectivity index (χ2v) is 7.55. The van der Waals surface area contributed by atoms with E-state index in [1.165, 1.54) is 5.56 Å². The Balaban J connectivity index is 1.43. The number of rotatable bonds is 7. The summed E-state index contributed by atoms with van der Waals surface area (Å²) in [6.07, 6.45) is 6.12. The summed E-state index contributed by atoms with van der Waals surface area (Å²) < 4.78 is 5.33. The number of aromatic amines is 1. The highest BCUT2D eigenvalue weighted by molar-refractivity contribution is 5.90. The van der Waals surface area contributed by atoms with E-state index in [-0.39, 0.29) is 0 Å². The van der Waals surface area contributed by atoms with Gasteiger partial charge in [0.1, 0.15) is 11.8 Å². The summed E-state index contributed by atoms with van der Waals surface area (Å²) in [5, 5.41) is 10.9. The SMILES string of the molecule is COc1ccc2[nH]cc(C(C(=O)O)N3CCN(CC=Cc4ccccc4)CC3)c2c1. The van der Waals surface area contributed by atoms with Gasteiger partial charge in [0.2, 0.25) is 0 Å². The first-order valence-corrected chi connectivity index (χ1v) is 10.2. The molecule has 0 radical (unpaired) electrons. The Hall–Kier alpha value is -3.09. The lowest BCUT2D eigenvalue weighted by Crippen LogP contribution is -2.49. The van der Waals surface area contributed by atoms with Gasteiger partial charge in [0.05, 0.1) is 7.11 Å². The number of carboxylic acids is 1. The summed E-state index contributed by atoms with van der Waals surface area (Å²) in [7, 11) is 1.62. The number of piperazine rings is 1. The average Bonchev–Trinajstić information content (AvgIpc) is 3.18. The summed E-state index contributed by atoms with van der Waals surface area (Å²) in [6.45, 7) is 3.98. The monoisotopic (exact) mass is 405 g/mol. The molecule has 0 aliphatic carbocycles. The second-order valence-electron chi connectivity index (χ2n) is 7.55. The van der Waals surface area contributed by atoms with E-state index in [4.69, 9.17) is 4.74 Å². The Kier molecular flexibility index (Phi) is 6.16. The van der Waals surface area contributed by atoms with Crippen LogP contribution in [-0.4, -0.2) is 65.7 Å². The molecule has 1 unspecified atom stereocenters. The Morgan fingerprint density at radius 2 is 1.93 bits per heavy atom. The van der Waals surface area contributed by atoms with Gasteiger partial charge in [-0.3, -0.25) is 14.6 Å². The van der Waals surface area contributed by atoms with Crippen molar-refractivity contribution in [1.29, 1.82) is 0 Å². The smallest absolute Gasteiger partial charge is 0.325 e. The van der Waals surface area contributed by atoms with Crippen LogP contribution in [0.1, 0.15) is 17.2 Å². The molecule has 0 amide bonds. The molecule has 6 nitrogen and oxygen atoms in total. The van der Waals surface area contributed by atoms with Crippen LogP contribution in [0.15, 0.2) is 60.8 Å². The molecule has 0 saturated carbocycles. The number of hydrogen-bond donors (Lipinski definition) is 2. The van der Waals surface area contributed by atoms with Gasteiger partial charge in [0.25, 0.3) is 0 Å². The minimum atomic E-state index is -0.823. The maximum absolute atomic E-state index is 12.2. The number of carbonyl (C=O) groups is 1. The van der Waals surface area contributed by atoms with Gasteiger partial charge in [-0.25, -0.2) is 0 Å². The fourth-order valence-electron chi connectivity index (χ4n) is 4.07. The van der Waals surface area contributed by atoms with Gasteiger partial charge in [-0.15, -0.1) is 0 Å². The predicted molar refractivity (Wildman–Crippen MR) is 119 cm³/mol. The number of nitrogens with one attached hydrogen (secondary N) is 1. The molecule has 2 aromatic carbocycles. The number of fused-ring (bicyclic) bond motifs is 1. The first-order valence-electron chi connectivity index (χ1n) is 10.2. The maximum atomic E-state index is 12.2. The Labute approximate surface area is 176 Å². The number of nitrogens with zero attached hydrogens (tertiary/aromatic N) is 2. The molecule has 0 spiro atoms. The first-order chi connectivity index (χ1) is 14.7. The normalized spacial score (nSPS) is 16.8. The minimum Gasteiger partial charge on any atom is -0.497 e. The van der Waals surface area contributed by atoms with Crippen molar-refractivity contribution in [1.82, 2.24) is 14.8 Å². The Bertz CT molecular complexity index is 1020. The van der Waals surface area contributed by atoms with E-state index in [1.807, 2.05) is 42.6 Å². The van der Waals surface area contributed by atoms with Crippen LogP contribution in [0.3, 0.4) is 0 Å². The van der Waals surface area contributed by atoms with Gasteiger partial charge in [-0.05, 0) is 23.8 Å². The number of benzene rings is 2. The molecule has 1 atom stereocenters. The van der Waals surface area contributed by atoms with E-state index in [9.17, 15) is 9.90 Å². The minimum absolute atomic E-state index is 0.673. The van der Waals surface area contributed by atoms with Crippen molar-refractivity contribution in [2.24, 2.45) is 0 Å². The zero-order valence-electron chi connectivity index (χ0n) is 17.1. The van der Waals surface area contributed by atoms with Crippen molar-refractivity contribution in [2.75, 3.05) is 39.8 Å². The third-order valence-corrected chi connectivity index (χ3v) is 5.69. The van der Waals surface area contributed by atoms with Crippen LogP contribution in [0.25, 0.3) is 17.0 Å². The van der Waals surface area contributed by atoms with Crippen LogP contribution < -0.4 is 4.74 Å². The molecule has 0 bridgehead atoms. The van der Waals surface area contributed by atoms with Crippen molar-refractivity contribution >= 4 is 22.9 Å². The largest absolute Gasteiger partial charge is 0.497 e.